The maximum Gasteiger partial charge on any atom is 0.181 e. The lowest BCUT2D eigenvalue weighted by Crippen LogP contribution is -2.28. The van der Waals surface area contributed by atoms with Gasteiger partial charge >= 0.3 is 0 Å². The van der Waals surface area contributed by atoms with Crippen molar-refractivity contribution in [2.45, 2.75) is 26.3 Å². The van der Waals surface area contributed by atoms with E-state index >= 15 is 0 Å². The van der Waals surface area contributed by atoms with Crippen molar-refractivity contribution < 1.29 is 0 Å². The number of fused-ring (bicyclic) bond motifs is 1. The highest BCUT2D eigenvalue weighted by molar-refractivity contribution is 5.77. The summed E-state index contributed by atoms with van der Waals surface area (Å²) < 4.78 is 0. The van der Waals surface area contributed by atoms with E-state index < -0.39 is 0 Å². The minimum absolute atomic E-state index is 0.545. The van der Waals surface area contributed by atoms with Crippen LogP contribution in [0.5, 0.6) is 0 Å². The first-order valence-corrected chi connectivity index (χ1v) is 7.47. The second-order valence-electron chi connectivity index (χ2n) is 6.45. The van der Waals surface area contributed by atoms with Gasteiger partial charge in [-0.05, 0) is 49.9 Å². The molecule has 5 nitrogen and oxygen atoms in total. The molecule has 4 rings (SSSR count). The zero-order valence-electron chi connectivity index (χ0n) is 11.9. The molecule has 0 aliphatic carbocycles. The smallest absolute Gasteiger partial charge is 0.181 e. The van der Waals surface area contributed by atoms with E-state index in [1.54, 1.807) is 0 Å². The molecular weight excluding hydrogens is 250 g/mol. The number of aromatic nitrogens is 3. The highest BCUT2D eigenvalue weighted by atomic mass is 15.2. The maximum absolute atomic E-state index is 4.45. The van der Waals surface area contributed by atoms with Crippen molar-refractivity contribution in [3.63, 3.8) is 0 Å². The largest absolute Gasteiger partial charge is 0.316 e. The number of aryl methyl sites for hydroxylation is 1. The quantitative estimate of drug-likeness (QED) is 0.868. The minimum atomic E-state index is 0.545. The van der Waals surface area contributed by atoms with Crippen LogP contribution >= 0.6 is 0 Å². The van der Waals surface area contributed by atoms with Crippen molar-refractivity contribution in [3.8, 4) is 0 Å². The fourth-order valence-corrected chi connectivity index (χ4v) is 3.71. The van der Waals surface area contributed by atoms with Gasteiger partial charge in [-0.3, -0.25) is 10.00 Å². The number of hydrogen-bond donors (Lipinski definition) is 2. The first-order valence-electron chi connectivity index (χ1n) is 7.47. The normalized spacial score (nSPS) is 27.1. The Kier molecular flexibility index (Phi) is 2.79. The molecule has 2 saturated heterocycles. The van der Waals surface area contributed by atoms with Crippen LogP contribution in [0.2, 0.25) is 0 Å². The van der Waals surface area contributed by atoms with Gasteiger partial charge in [0.25, 0.3) is 0 Å². The van der Waals surface area contributed by atoms with Gasteiger partial charge < -0.3 is 5.32 Å². The summed E-state index contributed by atoms with van der Waals surface area (Å²) in [5, 5.41) is 11.9. The zero-order valence-corrected chi connectivity index (χ0v) is 11.9. The maximum atomic E-state index is 4.45. The summed E-state index contributed by atoms with van der Waals surface area (Å²) in [6.07, 6.45) is 4.64. The van der Waals surface area contributed by atoms with E-state index in [1.807, 2.05) is 6.20 Å². The summed E-state index contributed by atoms with van der Waals surface area (Å²) in [5.74, 6) is 0. The van der Waals surface area contributed by atoms with Crippen molar-refractivity contribution in [3.05, 3.63) is 23.5 Å². The van der Waals surface area contributed by atoms with E-state index in [1.165, 1.54) is 44.6 Å². The van der Waals surface area contributed by atoms with Gasteiger partial charge in [-0.2, -0.15) is 5.10 Å². The third-order valence-electron chi connectivity index (χ3n) is 4.91. The van der Waals surface area contributed by atoms with Crippen LogP contribution in [-0.4, -0.2) is 46.3 Å². The summed E-state index contributed by atoms with van der Waals surface area (Å²) >= 11 is 0. The van der Waals surface area contributed by atoms with Crippen molar-refractivity contribution in [1.82, 2.24) is 25.4 Å². The van der Waals surface area contributed by atoms with Crippen molar-refractivity contribution in [1.29, 1.82) is 0 Å². The van der Waals surface area contributed by atoms with E-state index in [9.17, 15) is 0 Å². The third-order valence-corrected chi connectivity index (χ3v) is 4.91. The summed E-state index contributed by atoms with van der Waals surface area (Å²) in [4.78, 5) is 7.03. The molecule has 0 saturated carbocycles. The second-order valence-corrected chi connectivity index (χ2v) is 6.45. The van der Waals surface area contributed by atoms with Crippen LogP contribution in [-0.2, 0) is 6.54 Å². The van der Waals surface area contributed by atoms with Crippen LogP contribution in [0.15, 0.2) is 12.3 Å². The molecule has 2 aliphatic rings. The molecule has 106 valence electrons. The van der Waals surface area contributed by atoms with Crippen molar-refractivity contribution in [2.75, 3.05) is 26.2 Å². The summed E-state index contributed by atoms with van der Waals surface area (Å²) in [6, 6.07) is 2.24. The van der Waals surface area contributed by atoms with Crippen LogP contribution < -0.4 is 5.32 Å². The predicted octanol–water partition coefficient (Wildman–Crippen LogP) is 1.45. The van der Waals surface area contributed by atoms with Crippen LogP contribution in [0.25, 0.3) is 11.0 Å². The molecule has 1 spiro atoms. The van der Waals surface area contributed by atoms with Crippen LogP contribution in [0.3, 0.4) is 0 Å². The molecule has 5 heteroatoms. The highest BCUT2D eigenvalue weighted by Crippen LogP contribution is 2.36. The van der Waals surface area contributed by atoms with E-state index in [0.29, 0.717) is 5.41 Å². The molecule has 2 fully saturated rings. The van der Waals surface area contributed by atoms with Crippen LogP contribution in [0.1, 0.15) is 24.1 Å². The van der Waals surface area contributed by atoms with Gasteiger partial charge in [0, 0.05) is 36.9 Å². The van der Waals surface area contributed by atoms with Gasteiger partial charge in [0.15, 0.2) is 5.65 Å². The van der Waals surface area contributed by atoms with E-state index in [2.05, 4.69) is 38.4 Å². The molecule has 1 atom stereocenters. The van der Waals surface area contributed by atoms with E-state index in [0.717, 1.165) is 23.3 Å². The minimum Gasteiger partial charge on any atom is -0.316 e. The predicted molar refractivity (Wildman–Crippen MR) is 78.4 cm³/mol. The Hall–Kier alpha value is -1.46. The topological polar surface area (TPSA) is 56.8 Å². The van der Waals surface area contributed by atoms with Crippen LogP contribution in [0.4, 0.5) is 0 Å². The molecule has 0 radical (unpaired) electrons. The monoisotopic (exact) mass is 271 g/mol. The Labute approximate surface area is 118 Å². The van der Waals surface area contributed by atoms with Crippen LogP contribution in [0, 0.1) is 12.3 Å². The molecule has 2 aromatic rings. The molecule has 2 aliphatic heterocycles. The van der Waals surface area contributed by atoms with Gasteiger partial charge in [-0.1, -0.05) is 0 Å². The molecular formula is C15H21N5. The van der Waals surface area contributed by atoms with Crippen molar-refractivity contribution in [2.24, 2.45) is 5.41 Å². The number of hydrogen-bond acceptors (Lipinski definition) is 4. The number of pyridine rings is 1. The molecule has 0 aromatic carbocycles. The molecule has 1 unspecified atom stereocenters. The zero-order chi connectivity index (χ0) is 13.6. The first kappa shape index (κ1) is 12.3. The average molecular weight is 271 g/mol. The lowest BCUT2D eigenvalue weighted by Gasteiger charge is -2.22. The van der Waals surface area contributed by atoms with Crippen molar-refractivity contribution >= 4 is 11.0 Å². The number of aromatic amines is 1. The van der Waals surface area contributed by atoms with Gasteiger partial charge in [0.2, 0.25) is 0 Å². The molecule has 2 aromatic heterocycles. The van der Waals surface area contributed by atoms with Gasteiger partial charge in [-0.25, -0.2) is 4.98 Å². The Bertz CT molecular complexity index is 626. The first-order chi connectivity index (χ1) is 9.74. The summed E-state index contributed by atoms with van der Waals surface area (Å²) in [7, 11) is 0. The number of H-pyrrole nitrogens is 1. The fourth-order valence-electron chi connectivity index (χ4n) is 3.71. The standard InChI is InChI=1S/C15H21N5/c1-11-13-6-12(7-17-14(13)19-18-11)8-20-5-3-15(10-20)2-4-16-9-15/h6-7,16H,2-5,8-10H2,1H3,(H,17,18,19). The molecule has 4 heterocycles. The Balaban J connectivity index is 1.51. The Morgan fingerprint density at radius 1 is 1.40 bits per heavy atom. The van der Waals surface area contributed by atoms with Gasteiger partial charge in [0.1, 0.15) is 0 Å². The van der Waals surface area contributed by atoms with Gasteiger partial charge in [0.05, 0.1) is 0 Å². The number of nitrogens with zero attached hydrogens (tertiary/aromatic N) is 3. The third kappa shape index (κ3) is 2.01. The lowest BCUT2D eigenvalue weighted by atomic mass is 9.87. The molecule has 2 N–H and O–H groups in total. The molecule has 0 amide bonds. The average Bonchev–Trinajstić information content (AvgIpc) is 3.15. The lowest BCUT2D eigenvalue weighted by molar-refractivity contribution is 0.268. The summed E-state index contributed by atoms with van der Waals surface area (Å²) in [6.45, 7) is 7.88. The Morgan fingerprint density at radius 2 is 2.35 bits per heavy atom. The second kappa shape index (κ2) is 4.53. The van der Waals surface area contributed by atoms with E-state index in [-0.39, 0.29) is 0 Å². The highest BCUT2D eigenvalue weighted by Gasteiger charge is 2.40. The molecule has 0 bridgehead atoms. The SMILES string of the molecule is Cc1[nH]nc2ncc(CN3CCC4(CCNC4)C3)cc12. The number of nitrogens with one attached hydrogen (secondary N) is 2. The number of likely N-dealkylation sites (tertiary alicyclic amines) is 1. The van der Waals surface area contributed by atoms with E-state index in [4.69, 9.17) is 0 Å². The molecule has 20 heavy (non-hydrogen) atoms. The Morgan fingerprint density at radius 3 is 3.20 bits per heavy atom. The summed E-state index contributed by atoms with van der Waals surface area (Å²) in [5.41, 5.74) is 3.77. The fraction of sp³-hybridized carbons (Fsp3) is 0.600. The number of rotatable bonds is 2. The van der Waals surface area contributed by atoms with Gasteiger partial charge in [-0.15, -0.1) is 0 Å².